The van der Waals surface area contributed by atoms with Crippen molar-refractivity contribution >= 4 is 11.8 Å². The number of amides is 2. The lowest BCUT2D eigenvalue weighted by Gasteiger charge is -2.29. The minimum atomic E-state index is -0.708. The highest BCUT2D eigenvalue weighted by molar-refractivity contribution is 5.87. The van der Waals surface area contributed by atoms with Gasteiger partial charge in [0, 0.05) is 25.1 Å². The number of benzene rings is 2. The van der Waals surface area contributed by atoms with Crippen molar-refractivity contribution in [3.8, 4) is 11.5 Å². The van der Waals surface area contributed by atoms with E-state index in [-0.39, 0.29) is 31.6 Å². The first-order valence-electron chi connectivity index (χ1n) is 10.7. The Morgan fingerprint density at radius 1 is 1.16 bits per heavy atom. The zero-order chi connectivity index (χ0) is 22.2. The van der Waals surface area contributed by atoms with Gasteiger partial charge in [-0.05, 0) is 43.5 Å². The van der Waals surface area contributed by atoms with Gasteiger partial charge in [0.25, 0.3) is 0 Å². The molecule has 0 saturated carbocycles. The van der Waals surface area contributed by atoms with E-state index in [1.807, 2.05) is 25.1 Å². The maximum Gasteiger partial charge on any atom is 0.242 e. The number of carbonyl (C=O) groups excluding carboxylic acids is 2. The fourth-order valence-electron chi connectivity index (χ4n) is 3.42. The summed E-state index contributed by atoms with van der Waals surface area (Å²) in [5, 5.41) is 2.86. The molecule has 6 nitrogen and oxygen atoms in total. The van der Waals surface area contributed by atoms with Crippen LogP contribution in [0.15, 0.2) is 42.5 Å². The molecule has 0 saturated heterocycles. The van der Waals surface area contributed by atoms with E-state index in [1.165, 1.54) is 11.0 Å². The number of halogens is 1. The number of aryl methyl sites for hydroxylation is 1. The minimum absolute atomic E-state index is 0.0367. The van der Waals surface area contributed by atoms with E-state index >= 15 is 0 Å². The van der Waals surface area contributed by atoms with Crippen molar-refractivity contribution in [1.29, 1.82) is 0 Å². The third kappa shape index (κ3) is 5.96. The van der Waals surface area contributed by atoms with Crippen LogP contribution in [0.5, 0.6) is 11.5 Å². The van der Waals surface area contributed by atoms with Crippen molar-refractivity contribution in [3.05, 3.63) is 59.4 Å². The Hall–Kier alpha value is -3.09. The average Bonchev–Trinajstić information content (AvgIpc) is 3.24. The van der Waals surface area contributed by atoms with Crippen molar-refractivity contribution in [2.75, 3.05) is 13.3 Å². The molecule has 1 aliphatic heterocycles. The predicted octanol–water partition coefficient (Wildman–Crippen LogP) is 3.82. The van der Waals surface area contributed by atoms with Crippen LogP contribution in [0.2, 0.25) is 0 Å². The maximum atomic E-state index is 14.2. The van der Waals surface area contributed by atoms with Crippen molar-refractivity contribution in [2.24, 2.45) is 0 Å². The fraction of sp³-hybridized carbons (Fsp3) is 0.417. The van der Waals surface area contributed by atoms with Gasteiger partial charge in [-0.1, -0.05) is 37.6 Å². The van der Waals surface area contributed by atoms with E-state index in [9.17, 15) is 14.0 Å². The third-order valence-corrected chi connectivity index (χ3v) is 5.36. The molecular weight excluding hydrogens is 399 g/mol. The summed E-state index contributed by atoms with van der Waals surface area (Å²) in [4.78, 5) is 27.2. The number of hydrogen-bond acceptors (Lipinski definition) is 4. The van der Waals surface area contributed by atoms with Gasteiger partial charge in [-0.3, -0.25) is 9.59 Å². The number of hydrogen-bond donors (Lipinski definition) is 1. The van der Waals surface area contributed by atoms with Crippen LogP contribution in [0, 0.1) is 5.82 Å². The summed E-state index contributed by atoms with van der Waals surface area (Å²) in [5.41, 5.74) is 1.32. The molecule has 0 spiro atoms. The SMILES string of the molecule is CCCCNC(=O)[C@H](C)N(Cc1ccccc1F)C(=O)CCc1ccc2c(c1)OCO2. The molecule has 1 N–H and O–H groups in total. The molecular formula is C24H29FN2O4. The molecule has 1 atom stereocenters. The Labute approximate surface area is 182 Å². The van der Waals surface area contributed by atoms with Crippen molar-refractivity contribution in [1.82, 2.24) is 10.2 Å². The van der Waals surface area contributed by atoms with E-state index in [1.54, 1.807) is 25.1 Å². The third-order valence-electron chi connectivity index (χ3n) is 5.36. The van der Waals surface area contributed by atoms with E-state index in [0.29, 0.717) is 30.0 Å². The highest BCUT2D eigenvalue weighted by atomic mass is 19.1. The molecule has 0 aromatic heterocycles. The molecule has 7 heteroatoms. The van der Waals surface area contributed by atoms with Gasteiger partial charge < -0.3 is 19.7 Å². The number of nitrogens with one attached hydrogen (secondary N) is 1. The second kappa shape index (κ2) is 10.8. The Kier molecular flexibility index (Phi) is 7.87. The topological polar surface area (TPSA) is 67.9 Å². The van der Waals surface area contributed by atoms with Gasteiger partial charge in [0.15, 0.2) is 11.5 Å². The number of unbranched alkanes of at least 4 members (excludes halogenated alkanes) is 1. The molecule has 3 rings (SSSR count). The molecule has 166 valence electrons. The summed E-state index contributed by atoms with van der Waals surface area (Å²) in [5.74, 6) is 0.514. The molecule has 0 unspecified atom stereocenters. The number of rotatable bonds is 10. The minimum Gasteiger partial charge on any atom is -0.454 e. The van der Waals surface area contributed by atoms with Crippen molar-refractivity contribution < 1.29 is 23.5 Å². The summed E-state index contributed by atoms with van der Waals surface area (Å²) < 4.78 is 24.9. The van der Waals surface area contributed by atoms with Crippen LogP contribution in [0.4, 0.5) is 4.39 Å². The van der Waals surface area contributed by atoms with Crippen molar-refractivity contribution in [3.63, 3.8) is 0 Å². The van der Waals surface area contributed by atoms with Crippen LogP contribution >= 0.6 is 0 Å². The summed E-state index contributed by atoms with van der Waals surface area (Å²) in [7, 11) is 0. The molecule has 2 aromatic rings. The first kappa shape index (κ1) is 22.6. The van der Waals surface area contributed by atoms with Gasteiger partial charge in [-0.2, -0.15) is 0 Å². The Bertz CT molecular complexity index is 918. The van der Waals surface area contributed by atoms with E-state index < -0.39 is 11.9 Å². The first-order chi connectivity index (χ1) is 15.0. The van der Waals surface area contributed by atoms with Gasteiger partial charge in [0.05, 0.1) is 0 Å². The molecule has 1 aliphatic rings. The number of nitrogens with zero attached hydrogens (tertiary/aromatic N) is 1. The molecule has 2 amide bonds. The van der Waals surface area contributed by atoms with Gasteiger partial charge in [0.2, 0.25) is 18.6 Å². The fourth-order valence-corrected chi connectivity index (χ4v) is 3.42. The second-order valence-electron chi connectivity index (χ2n) is 7.62. The monoisotopic (exact) mass is 428 g/mol. The predicted molar refractivity (Wildman–Crippen MR) is 115 cm³/mol. The van der Waals surface area contributed by atoms with Gasteiger partial charge in [-0.15, -0.1) is 0 Å². The second-order valence-corrected chi connectivity index (χ2v) is 7.62. The lowest BCUT2D eigenvalue weighted by molar-refractivity contribution is -0.140. The molecule has 2 aromatic carbocycles. The lowest BCUT2D eigenvalue weighted by Crippen LogP contribution is -2.48. The van der Waals surface area contributed by atoms with Crippen LogP contribution in [0.1, 0.15) is 44.2 Å². The summed E-state index contributed by atoms with van der Waals surface area (Å²) >= 11 is 0. The highest BCUT2D eigenvalue weighted by Crippen LogP contribution is 2.32. The maximum absolute atomic E-state index is 14.2. The molecule has 31 heavy (non-hydrogen) atoms. The largest absolute Gasteiger partial charge is 0.454 e. The summed E-state index contributed by atoms with van der Waals surface area (Å²) in [6.45, 7) is 4.51. The molecule has 0 fully saturated rings. The quantitative estimate of drug-likeness (QED) is 0.584. The standard InChI is InChI=1S/C24H29FN2O4/c1-3-4-13-26-24(29)17(2)27(15-19-7-5-6-8-20(19)25)23(28)12-10-18-9-11-21-22(14-18)31-16-30-21/h5-9,11,14,17H,3-4,10,12-13,15-16H2,1-2H3,(H,26,29)/t17-/m0/s1. The van der Waals surface area contributed by atoms with E-state index in [4.69, 9.17) is 9.47 Å². The van der Waals surface area contributed by atoms with Gasteiger partial charge in [-0.25, -0.2) is 4.39 Å². The molecule has 0 radical (unpaired) electrons. The van der Waals surface area contributed by atoms with Crippen LogP contribution in [0.3, 0.4) is 0 Å². The first-order valence-corrected chi connectivity index (χ1v) is 10.7. The summed E-state index contributed by atoms with van der Waals surface area (Å²) in [6, 6.07) is 11.2. The Balaban J connectivity index is 1.70. The number of fused-ring (bicyclic) bond motifs is 1. The number of ether oxygens (including phenoxy) is 2. The molecule has 0 bridgehead atoms. The van der Waals surface area contributed by atoms with Crippen molar-refractivity contribution in [2.45, 2.75) is 52.1 Å². The smallest absolute Gasteiger partial charge is 0.242 e. The van der Waals surface area contributed by atoms with Crippen LogP contribution in [0.25, 0.3) is 0 Å². The highest BCUT2D eigenvalue weighted by Gasteiger charge is 2.26. The zero-order valence-corrected chi connectivity index (χ0v) is 18.0. The number of carbonyl (C=O) groups is 2. The molecule has 1 heterocycles. The Morgan fingerprint density at radius 2 is 1.94 bits per heavy atom. The normalized spacial score (nSPS) is 13.0. The van der Waals surface area contributed by atoms with Crippen LogP contribution in [-0.2, 0) is 22.6 Å². The summed E-state index contributed by atoms with van der Waals surface area (Å²) in [6.07, 6.45) is 2.50. The Morgan fingerprint density at radius 3 is 2.71 bits per heavy atom. The lowest BCUT2D eigenvalue weighted by atomic mass is 10.1. The van der Waals surface area contributed by atoms with Gasteiger partial charge in [0.1, 0.15) is 11.9 Å². The van der Waals surface area contributed by atoms with Crippen LogP contribution < -0.4 is 14.8 Å². The van der Waals surface area contributed by atoms with Gasteiger partial charge >= 0.3 is 0 Å². The molecule has 0 aliphatic carbocycles. The zero-order valence-electron chi connectivity index (χ0n) is 18.0. The van der Waals surface area contributed by atoms with Crippen LogP contribution in [-0.4, -0.2) is 36.1 Å². The van der Waals surface area contributed by atoms with E-state index in [0.717, 1.165) is 18.4 Å². The van der Waals surface area contributed by atoms with E-state index in [2.05, 4.69) is 5.32 Å². The average molecular weight is 429 g/mol.